The summed E-state index contributed by atoms with van der Waals surface area (Å²) in [6.45, 7) is 3.11. The molecule has 3 aliphatic rings. The molecule has 0 spiro atoms. The van der Waals surface area contributed by atoms with Crippen LogP contribution < -0.4 is 20.9 Å². The zero-order chi connectivity index (χ0) is 15.8. The van der Waals surface area contributed by atoms with Crippen molar-refractivity contribution >= 4 is 35.1 Å². The first-order valence-corrected chi connectivity index (χ1v) is 8.66. The number of carbonyl (C=O) groups is 2. The van der Waals surface area contributed by atoms with Crippen molar-refractivity contribution in [2.75, 3.05) is 42.1 Å². The quantitative estimate of drug-likeness (QED) is 0.749. The van der Waals surface area contributed by atoms with Gasteiger partial charge in [0.25, 0.3) is 0 Å². The maximum absolute atomic E-state index is 12.1. The zero-order valence-electron chi connectivity index (χ0n) is 12.5. The van der Waals surface area contributed by atoms with E-state index in [1.54, 1.807) is 4.90 Å². The van der Waals surface area contributed by atoms with Gasteiger partial charge in [-0.1, -0.05) is 0 Å². The average molecular weight is 334 g/mol. The monoisotopic (exact) mass is 334 g/mol. The minimum absolute atomic E-state index is 0.0140. The molecule has 23 heavy (non-hydrogen) atoms. The molecule has 1 aromatic rings. The van der Waals surface area contributed by atoms with E-state index >= 15 is 0 Å². The summed E-state index contributed by atoms with van der Waals surface area (Å²) in [4.78, 5) is 26.3. The molecule has 1 atom stereocenters. The molecule has 2 saturated heterocycles. The van der Waals surface area contributed by atoms with E-state index in [1.807, 2.05) is 18.2 Å². The Labute approximate surface area is 138 Å². The smallest absolute Gasteiger partial charge is 0.414 e. The van der Waals surface area contributed by atoms with E-state index < -0.39 is 0 Å². The third-order valence-corrected chi connectivity index (χ3v) is 5.27. The lowest BCUT2D eigenvalue weighted by atomic mass is 10.2. The molecule has 3 N–H and O–H groups in total. The maximum Gasteiger partial charge on any atom is 0.414 e. The molecule has 0 aliphatic carbocycles. The van der Waals surface area contributed by atoms with Crippen LogP contribution in [0.3, 0.4) is 0 Å². The fourth-order valence-corrected chi connectivity index (χ4v) is 3.60. The second-order valence-corrected chi connectivity index (χ2v) is 6.91. The van der Waals surface area contributed by atoms with Gasteiger partial charge in [-0.2, -0.15) is 0 Å². The molecule has 7 nitrogen and oxygen atoms in total. The summed E-state index contributed by atoms with van der Waals surface area (Å²) in [5.74, 6) is 0.418. The predicted octanol–water partition coefficient (Wildman–Crippen LogP) is 0.617. The van der Waals surface area contributed by atoms with Gasteiger partial charge in [0.2, 0.25) is 5.91 Å². The molecule has 0 aromatic heterocycles. The zero-order valence-corrected chi connectivity index (χ0v) is 13.3. The van der Waals surface area contributed by atoms with Gasteiger partial charge in [-0.25, -0.2) is 4.79 Å². The number of benzene rings is 1. The van der Waals surface area contributed by atoms with Crippen molar-refractivity contribution in [2.45, 2.75) is 17.0 Å². The van der Waals surface area contributed by atoms with E-state index in [0.717, 1.165) is 29.4 Å². The Balaban J connectivity index is 1.44. The standard InChI is InChI=1S/C15H18N4O3S/c20-14-8-23-13-2-1-10(3-12(13)18-14)19-7-11(22-15(19)21)6-17-9-4-16-5-9/h1-3,9,11,16-17H,4-8H2,(H,18,20). The van der Waals surface area contributed by atoms with Crippen molar-refractivity contribution in [3.05, 3.63) is 18.2 Å². The number of nitrogens with one attached hydrogen (secondary N) is 3. The number of fused-ring (bicyclic) bond motifs is 1. The number of hydrogen-bond donors (Lipinski definition) is 3. The highest BCUT2D eigenvalue weighted by Gasteiger charge is 2.33. The first-order valence-electron chi connectivity index (χ1n) is 7.68. The van der Waals surface area contributed by atoms with Crippen LogP contribution >= 0.6 is 11.8 Å². The van der Waals surface area contributed by atoms with Crippen LogP contribution in [0.15, 0.2) is 23.1 Å². The topological polar surface area (TPSA) is 82.7 Å². The van der Waals surface area contributed by atoms with Crippen LogP contribution in [0.5, 0.6) is 0 Å². The van der Waals surface area contributed by atoms with Crippen molar-refractivity contribution < 1.29 is 14.3 Å². The van der Waals surface area contributed by atoms with Gasteiger partial charge < -0.3 is 20.7 Å². The molecular weight excluding hydrogens is 316 g/mol. The summed E-state index contributed by atoms with van der Waals surface area (Å²) >= 11 is 1.51. The van der Waals surface area contributed by atoms with Crippen molar-refractivity contribution in [2.24, 2.45) is 0 Å². The molecule has 3 heterocycles. The highest BCUT2D eigenvalue weighted by Crippen LogP contribution is 2.35. The van der Waals surface area contributed by atoms with Crippen LogP contribution in [0.4, 0.5) is 16.2 Å². The van der Waals surface area contributed by atoms with Gasteiger partial charge in [-0.05, 0) is 18.2 Å². The van der Waals surface area contributed by atoms with Crippen molar-refractivity contribution in [3.8, 4) is 0 Å². The van der Waals surface area contributed by atoms with Crippen molar-refractivity contribution in [1.29, 1.82) is 0 Å². The third-order valence-electron chi connectivity index (χ3n) is 4.20. The number of amides is 2. The van der Waals surface area contributed by atoms with Crippen LogP contribution in [0.25, 0.3) is 0 Å². The lowest BCUT2D eigenvalue weighted by Gasteiger charge is -2.28. The van der Waals surface area contributed by atoms with E-state index in [-0.39, 0.29) is 18.1 Å². The first kappa shape index (κ1) is 14.8. The summed E-state index contributed by atoms with van der Waals surface area (Å²) in [5, 5.41) is 9.43. The highest BCUT2D eigenvalue weighted by atomic mass is 32.2. The molecule has 2 fully saturated rings. The summed E-state index contributed by atoms with van der Waals surface area (Å²) in [7, 11) is 0. The summed E-state index contributed by atoms with van der Waals surface area (Å²) < 4.78 is 5.42. The lowest BCUT2D eigenvalue weighted by molar-refractivity contribution is -0.113. The fourth-order valence-electron chi connectivity index (χ4n) is 2.81. The van der Waals surface area contributed by atoms with Gasteiger partial charge in [-0.15, -0.1) is 11.8 Å². The summed E-state index contributed by atoms with van der Waals surface area (Å²) in [6, 6.07) is 6.15. The SMILES string of the molecule is O=C1CSc2ccc(N3CC(CNC4CNC4)OC3=O)cc2N1. The number of hydrogen-bond acceptors (Lipinski definition) is 6. The maximum atomic E-state index is 12.1. The van der Waals surface area contributed by atoms with Gasteiger partial charge in [0.05, 0.1) is 18.0 Å². The molecule has 1 aromatic carbocycles. The fraction of sp³-hybridized carbons (Fsp3) is 0.467. The van der Waals surface area contributed by atoms with Crippen molar-refractivity contribution in [3.63, 3.8) is 0 Å². The van der Waals surface area contributed by atoms with Crippen LogP contribution in [-0.2, 0) is 9.53 Å². The van der Waals surface area contributed by atoms with Crippen molar-refractivity contribution in [1.82, 2.24) is 10.6 Å². The predicted molar refractivity (Wildman–Crippen MR) is 88.1 cm³/mol. The van der Waals surface area contributed by atoms with Crippen LogP contribution in [0.2, 0.25) is 0 Å². The molecular formula is C15H18N4O3S. The number of anilines is 2. The number of nitrogens with zero attached hydrogens (tertiary/aromatic N) is 1. The molecule has 0 radical (unpaired) electrons. The van der Waals surface area contributed by atoms with Crippen LogP contribution in [0, 0.1) is 0 Å². The number of ether oxygens (including phenoxy) is 1. The number of carbonyl (C=O) groups excluding carboxylic acids is 2. The molecule has 4 rings (SSSR count). The Hall–Kier alpha value is -1.77. The van der Waals surface area contributed by atoms with E-state index in [9.17, 15) is 9.59 Å². The van der Waals surface area contributed by atoms with Crippen LogP contribution in [-0.4, -0.2) is 56.1 Å². The normalized spacial score (nSPS) is 24.0. The largest absolute Gasteiger partial charge is 0.443 e. The van der Waals surface area contributed by atoms with Crippen LogP contribution in [0.1, 0.15) is 0 Å². The van der Waals surface area contributed by atoms with E-state index in [0.29, 0.717) is 24.9 Å². The molecule has 0 saturated carbocycles. The van der Waals surface area contributed by atoms with Gasteiger partial charge in [-0.3, -0.25) is 9.69 Å². The highest BCUT2D eigenvalue weighted by molar-refractivity contribution is 8.00. The Kier molecular flexibility index (Phi) is 3.88. The number of rotatable bonds is 4. The van der Waals surface area contributed by atoms with Gasteiger partial charge in [0.15, 0.2) is 0 Å². The molecule has 0 bridgehead atoms. The number of cyclic esters (lactones) is 1. The molecule has 1 unspecified atom stereocenters. The van der Waals surface area contributed by atoms with Gasteiger partial charge in [0.1, 0.15) is 6.10 Å². The van der Waals surface area contributed by atoms with Gasteiger partial charge in [0, 0.05) is 36.3 Å². The summed E-state index contributed by atoms with van der Waals surface area (Å²) in [5.41, 5.74) is 1.52. The minimum Gasteiger partial charge on any atom is -0.443 e. The first-order chi connectivity index (χ1) is 11.2. The van der Waals surface area contributed by atoms with E-state index in [2.05, 4.69) is 16.0 Å². The van der Waals surface area contributed by atoms with Gasteiger partial charge >= 0.3 is 6.09 Å². The van der Waals surface area contributed by atoms with E-state index in [1.165, 1.54) is 11.8 Å². The lowest BCUT2D eigenvalue weighted by Crippen LogP contribution is -2.56. The second kappa shape index (κ2) is 6.03. The number of thioether (sulfide) groups is 1. The Morgan fingerprint density at radius 3 is 3.00 bits per heavy atom. The van der Waals surface area contributed by atoms with E-state index in [4.69, 9.17) is 4.74 Å². The second-order valence-electron chi connectivity index (χ2n) is 5.90. The summed E-state index contributed by atoms with van der Waals surface area (Å²) in [6.07, 6.45) is -0.485. The molecule has 8 heteroatoms. The Bertz CT molecular complexity index is 650. The minimum atomic E-state index is -0.335. The molecule has 122 valence electrons. The third kappa shape index (κ3) is 3.01. The Morgan fingerprint density at radius 2 is 2.22 bits per heavy atom. The Morgan fingerprint density at radius 1 is 1.35 bits per heavy atom. The average Bonchev–Trinajstić information content (AvgIpc) is 2.86. The molecule has 3 aliphatic heterocycles. The molecule has 2 amide bonds.